The molecule has 1 rings (SSSR count). The largest absolute Gasteiger partial charge is 0.377 e. The zero-order valence-corrected chi connectivity index (χ0v) is 10.7. The number of likely N-dealkylation sites (N-methyl/N-ethyl adjacent to an activating group) is 1. The van der Waals surface area contributed by atoms with Crippen molar-refractivity contribution >= 4 is 0 Å². The highest BCUT2D eigenvalue weighted by molar-refractivity contribution is 4.85. The number of nitrogens with one attached hydrogen (secondary N) is 1. The van der Waals surface area contributed by atoms with E-state index in [4.69, 9.17) is 4.74 Å². The van der Waals surface area contributed by atoms with E-state index in [0.717, 1.165) is 19.7 Å². The van der Waals surface area contributed by atoms with Crippen molar-refractivity contribution < 1.29 is 4.74 Å². The fourth-order valence-corrected chi connectivity index (χ4v) is 2.18. The van der Waals surface area contributed by atoms with Gasteiger partial charge in [0, 0.05) is 19.6 Å². The standard InChI is InChI=1S/C12H26N2O/c1-11(2)15-8-7-14(4)10-12(3)5-6-13-9-12/h11,13H,5-10H2,1-4H3. The Morgan fingerprint density at radius 3 is 2.73 bits per heavy atom. The normalized spacial score (nSPS) is 26.8. The molecule has 90 valence electrons. The minimum atomic E-state index is 0.349. The Kier molecular flexibility index (Phi) is 5.03. The zero-order chi connectivity index (χ0) is 11.3. The van der Waals surface area contributed by atoms with E-state index in [0.29, 0.717) is 11.5 Å². The van der Waals surface area contributed by atoms with Crippen molar-refractivity contribution in [2.24, 2.45) is 5.41 Å². The van der Waals surface area contributed by atoms with Gasteiger partial charge in [-0.25, -0.2) is 0 Å². The molecule has 0 aromatic carbocycles. The second kappa shape index (κ2) is 5.83. The Labute approximate surface area is 94.2 Å². The van der Waals surface area contributed by atoms with E-state index >= 15 is 0 Å². The molecule has 1 aliphatic rings. The molecule has 1 heterocycles. The van der Waals surface area contributed by atoms with Crippen molar-refractivity contribution in [2.75, 3.05) is 39.8 Å². The second-order valence-electron chi connectivity index (χ2n) is 5.39. The van der Waals surface area contributed by atoms with E-state index < -0.39 is 0 Å². The van der Waals surface area contributed by atoms with Gasteiger partial charge in [-0.15, -0.1) is 0 Å². The molecule has 3 heteroatoms. The summed E-state index contributed by atoms with van der Waals surface area (Å²) in [5.74, 6) is 0. The van der Waals surface area contributed by atoms with Gasteiger partial charge in [-0.3, -0.25) is 0 Å². The van der Waals surface area contributed by atoms with E-state index in [1.54, 1.807) is 0 Å². The first-order valence-corrected chi connectivity index (χ1v) is 6.03. The molecular weight excluding hydrogens is 188 g/mol. The first kappa shape index (κ1) is 12.9. The highest BCUT2D eigenvalue weighted by atomic mass is 16.5. The molecule has 0 amide bonds. The zero-order valence-electron chi connectivity index (χ0n) is 10.7. The van der Waals surface area contributed by atoms with Gasteiger partial charge in [0.15, 0.2) is 0 Å². The maximum Gasteiger partial charge on any atom is 0.0596 e. The molecule has 0 saturated carbocycles. The summed E-state index contributed by atoms with van der Waals surface area (Å²) in [4.78, 5) is 2.38. The molecule has 3 nitrogen and oxygen atoms in total. The van der Waals surface area contributed by atoms with Crippen molar-refractivity contribution in [2.45, 2.75) is 33.3 Å². The van der Waals surface area contributed by atoms with E-state index in [2.05, 4.69) is 38.0 Å². The van der Waals surface area contributed by atoms with Gasteiger partial charge in [-0.05, 0) is 39.3 Å². The van der Waals surface area contributed by atoms with Crippen LogP contribution in [0.1, 0.15) is 27.2 Å². The number of hydrogen-bond donors (Lipinski definition) is 1. The first-order chi connectivity index (χ1) is 7.02. The summed E-state index contributed by atoms with van der Waals surface area (Å²) in [7, 11) is 2.19. The molecule has 1 N–H and O–H groups in total. The number of ether oxygens (including phenoxy) is 1. The Morgan fingerprint density at radius 2 is 2.20 bits per heavy atom. The quantitative estimate of drug-likeness (QED) is 0.722. The SMILES string of the molecule is CC(C)OCCN(C)CC1(C)CCNC1. The third-order valence-electron chi connectivity index (χ3n) is 3.03. The highest BCUT2D eigenvalue weighted by Gasteiger charge is 2.29. The fraction of sp³-hybridized carbons (Fsp3) is 1.00. The molecule has 1 fully saturated rings. The molecule has 1 aliphatic heterocycles. The maximum absolute atomic E-state index is 5.55. The van der Waals surface area contributed by atoms with Gasteiger partial charge in [-0.2, -0.15) is 0 Å². The molecule has 0 radical (unpaired) electrons. The number of nitrogens with zero attached hydrogens (tertiary/aromatic N) is 1. The van der Waals surface area contributed by atoms with Crippen LogP contribution in [0.25, 0.3) is 0 Å². The van der Waals surface area contributed by atoms with Crippen LogP contribution in [-0.4, -0.2) is 50.8 Å². The average Bonchev–Trinajstić information content (AvgIpc) is 2.50. The second-order valence-corrected chi connectivity index (χ2v) is 5.39. The monoisotopic (exact) mass is 214 g/mol. The minimum Gasteiger partial charge on any atom is -0.377 e. The van der Waals surface area contributed by atoms with Gasteiger partial charge in [0.1, 0.15) is 0 Å². The maximum atomic E-state index is 5.55. The lowest BCUT2D eigenvalue weighted by Gasteiger charge is -2.29. The van der Waals surface area contributed by atoms with Crippen LogP contribution >= 0.6 is 0 Å². The van der Waals surface area contributed by atoms with Crippen LogP contribution in [0.15, 0.2) is 0 Å². The smallest absolute Gasteiger partial charge is 0.0596 e. The van der Waals surface area contributed by atoms with Gasteiger partial charge in [0.05, 0.1) is 12.7 Å². The molecule has 0 aromatic rings. The minimum absolute atomic E-state index is 0.349. The Morgan fingerprint density at radius 1 is 1.47 bits per heavy atom. The molecule has 0 aliphatic carbocycles. The van der Waals surface area contributed by atoms with Crippen LogP contribution in [0.3, 0.4) is 0 Å². The molecule has 1 unspecified atom stereocenters. The third-order valence-corrected chi connectivity index (χ3v) is 3.03. The fourth-order valence-electron chi connectivity index (χ4n) is 2.18. The molecule has 15 heavy (non-hydrogen) atoms. The third kappa shape index (κ3) is 4.96. The van der Waals surface area contributed by atoms with Crippen LogP contribution in [-0.2, 0) is 4.74 Å². The van der Waals surface area contributed by atoms with Crippen LogP contribution < -0.4 is 5.32 Å². The lowest BCUT2D eigenvalue weighted by atomic mass is 9.89. The predicted molar refractivity (Wildman–Crippen MR) is 64.2 cm³/mol. The molecule has 1 atom stereocenters. The lowest BCUT2D eigenvalue weighted by Crippen LogP contribution is -2.36. The van der Waals surface area contributed by atoms with E-state index in [-0.39, 0.29) is 0 Å². The van der Waals surface area contributed by atoms with Crippen LogP contribution in [0.2, 0.25) is 0 Å². The topological polar surface area (TPSA) is 24.5 Å². The van der Waals surface area contributed by atoms with Crippen LogP contribution in [0, 0.1) is 5.41 Å². The van der Waals surface area contributed by atoms with Crippen LogP contribution in [0.4, 0.5) is 0 Å². The summed E-state index contributed by atoms with van der Waals surface area (Å²) in [6.45, 7) is 11.9. The predicted octanol–water partition coefficient (Wildman–Crippen LogP) is 1.34. The summed E-state index contributed by atoms with van der Waals surface area (Å²) in [6, 6.07) is 0. The van der Waals surface area contributed by atoms with Crippen molar-refractivity contribution in [1.29, 1.82) is 0 Å². The van der Waals surface area contributed by atoms with E-state index in [1.165, 1.54) is 19.5 Å². The molecule has 0 spiro atoms. The average molecular weight is 214 g/mol. The van der Waals surface area contributed by atoms with E-state index in [9.17, 15) is 0 Å². The van der Waals surface area contributed by atoms with Gasteiger partial charge in [-0.1, -0.05) is 6.92 Å². The summed E-state index contributed by atoms with van der Waals surface area (Å²) in [5.41, 5.74) is 0.465. The Bertz CT molecular complexity index is 176. The number of rotatable bonds is 6. The van der Waals surface area contributed by atoms with Crippen molar-refractivity contribution in [3.8, 4) is 0 Å². The van der Waals surface area contributed by atoms with Crippen molar-refractivity contribution in [3.63, 3.8) is 0 Å². The lowest BCUT2D eigenvalue weighted by molar-refractivity contribution is 0.0572. The van der Waals surface area contributed by atoms with Crippen molar-refractivity contribution in [3.05, 3.63) is 0 Å². The summed E-state index contributed by atoms with van der Waals surface area (Å²) in [5, 5.41) is 3.43. The van der Waals surface area contributed by atoms with Gasteiger partial charge in [0.2, 0.25) is 0 Å². The van der Waals surface area contributed by atoms with Gasteiger partial charge in [0.25, 0.3) is 0 Å². The van der Waals surface area contributed by atoms with Gasteiger partial charge >= 0.3 is 0 Å². The summed E-state index contributed by atoms with van der Waals surface area (Å²) in [6.07, 6.45) is 1.64. The highest BCUT2D eigenvalue weighted by Crippen LogP contribution is 2.24. The number of hydrogen-bond acceptors (Lipinski definition) is 3. The summed E-state index contributed by atoms with van der Waals surface area (Å²) >= 11 is 0. The summed E-state index contributed by atoms with van der Waals surface area (Å²) < 4.78 is 5.55. The van der Waals surface area contributed by atoms with Crippen molar-refractivity contribution in [1.82, 2.24) is 10.2 Å². The molecule has 1 saturated heterocycles. The Hall–Kier alpha value is -0.120. The van der Waals surface area contributed by atoms with Crippen LogP contribution in [0.5, 0.6) is 0 Å². The first-order valence-electron chi connectivity index (χ1n) is 6.03. The molecular formula is C12H26N2O. The van der Waals surface area contributed by atoms with E-state index in [1.807, 2.05) is 0 Å². The Balaban J connectivity index is 2.14. The molecule has 0 bridgehead atoms. The van der Waals surface area contributed by atoms with Gasteiger partial charge < -0.3 is 15.0 Å². The molecule has 0 aromatic heterocycles.